The molecule has 1 saturated heterocycles. The van der Waals surface area contributed by atoms with Crippen LogP contribution in [0.3, 0.4) is 0 Å². The van der Waals surface area contributed by atoms with Gasteiger partial charge in [0, 0.05) is 25.3 Å². The molecule has 1 unspecified atom stereocenters. The van der Waals surface area contributed by atoms with Crippen LogP contribution in [0.1, 0.15) is 30.0 Å². The number of aryl methyl sites for hydroxylation is 1. The fourth-order valence-electron chi connectivity index (χ4n) is 4.01. The zero-order valence-corrected chi connectivity index (χ0v) is 13.3. The molecule has 3 nitrogen and oxygen atoms in total. The van der Waals surface area contributed by atoms with Crippen molar-refractivity contribution >= 4 is 17.1 Å². The van der Waals surface area contributed by atoms with Crippen molar-refractivity contribution < 1.29 is 0 Å². The van der Waals surface area contributed by atoms with Gasteiger partial charge in [-0.3, -0.25) is 0 Å². The molecule has 0 spiro atoms. The molecule has 22 heavy (non-hydrogen) atoms. The number of nitrogens with two attached hydrogens (primary N) is 1. The van der Waals surface area contributed by atoms with Crippen molar-refractivity contribution in [3.63, 3.8) is 0 Å². The van der Waals surface area contributed by atoms with Gasteiger partial charge in [0.15, 0.2) is 0 Å². The molecule has 0 aromatic heterocycles. The smallest absolute Gasteiger partial charge is 0.0714 e. The van der Waals surface area contributed by atoms with Gasteiger partial charge in [-0.1, -0.05) is 24.3 Å². The average molecular weight is 293 g/mol. The lowest BCUT2D eigenvalue weighted by Crippen LogP contribution is -2.45. The molecule has 0 radical (unpaired) electrons. The summed E-state index contributed by atoms with van der Waals surface area (Å²) >= 11 is 0. The summed E-state index contributed by atoms with van der Waals surface area (Å²) in [6.07, 6.45) is 2.26. The standard InChI is InChI=1S/C19H23N3/c1-13-9-10-17-18(12-13)22-11-5-7-15(20)19(22)14-6-3-4-8-16(14)21(17)2/h3-4,6,8-10,12,15,19H,5,7,11,20H2,1-2H3/t15-,19?/m0/s1. The zero-order chi connectivity index (χ0) is 15.3. The summed E-state index contributed by atoms with van der Waals surface area (Å²) in [4.78, 5) is 4.84. The Bertz CT molecular complexity index is 710. The van der Waals surface area contributed by atoms with E-state index in [-0.39, 0.29) is 12.1 Å². The molecule has 0 bridgehead atoms. The fraction of sp³-hybridized carbons (Fsp3) is 0.368. The Morgan fingerprint density at radius 3 is 2.73 bits per heavy atom. The van der Waals surface area contributed by atoms with E-state index in [0.717, 1.165) is 19.4 Å². The molecule has 2 aromatic carbocycles. The highest BCUT2D eigenvalue weighted by molar-refractivity contribution is 5.82. The molecule has 4 rings (SSSR count). The molecular weight excluding hydrogens is 270 g/mol. The normalized spacial score (nSPS) is 23.4. The summed E-state index contributed by atoms with van der Waals surface area (Å²) in [5.74, 6) is 0. The molecule has 2 aliphatic rings. The Morgan fingerprint density at radius 1 is 1.05 bits per heavy atom. The van der Waals surface area contributed by atoms with Crippen molar-refractivity contribution in [2.45, 2.75) is 31.8 Å². The summed E-state index contributed by atoms with van der Waals surface area (Å²) in [5, 5.41) is 0. The first-order valence-electron chi connectivity index (χ1n) is 8.12. The van der Waals surface area contributed by atoms with Gasteiger partial charge in [-0.15, -0.1) is 0 Å². The average Bonchev–Trinajstić information content (AvgIpc) is 2.63. The number of anilines is 3. The van der Waals surface area contributed by atoms with Crippen molar-refractivity contribution in [2.75, 3.05) is 23.4 Å². The van der Waals surface area contributed by atoms with E-state index in [2.05, 4.69) is 66.2 Å². The van der Waals surface area contributed by atoms with Crippen LogP contribution < -0.4 is 15.5 Å². The maximum Gasteiger partial charge on any atom is 0.0714 e. The second-order valence-electron chi connectivity index (χ2n) is 6.55. The van der Waals surface area contributed by atoms with Gasteiger partial charge in [0.2, 0.25) is 0 Å². The number of piperidine rings is 1. The third-order valence-electron chi connectivity index (χ3n) is 5.10. The number of benzene rings is 2. The minimum absolute atomic E-state index is 0.190. The molecule has 1 fully saturated rings. The Hall–Kier alpha value is -2.00. The van der Waals surface area contributed by atoms with E-state index in [0.29, 0.717) is 0 Å². The minimum Gasteiger partial charge on any atom is -0.361 e. The summed E-state index contributed by atoms with van der Waals surface area (Å²) < 4.78 is 0. The highest BCUT2D eigenvalue weighted by Crippen LogP contribution is 2.47. The predicted octanol–water partition coefficient (Wildman–Crippen LogP) is 3.75. The third-order valence-corrected chi connectivity index (χ3v) is 5.10. The van der Waals surface area contributed by atoms with Crippen molar-refractivity contribution in [2.24, 2.45) is 5.73 Å². The van der Waals surface area contributed by atoms with E-state index >= 15 is 0 Å². The van der Waals surface area contributed by atoms with Gasteiger partial charge >= 0.3 is 0 Å². The molecule has 3 heteroatoms. The van der Waals surface area contributed by atoms with Crippen molar-refractivity contribution in [3.05, 3.63) is 53.6 Å². The summed E-state index contributed by atoms with van der Waals surface area (Å²) in [7, 11) is 2.16. The fourth-order valence-corrected chi connectivity index (χ4v) is 4.01. The number of rotatable bonds is 0. The number of fused-ring (bicyclic) bond motifs is 5. The van der Waals surface area contributed by atoms with Crippen LogP contribution in [0.15, 0.2) is 42.5 Å². The largest absolute Gasteiger partial charge is 0.361 e. The molecule has 0 amide bonds. The van der Waals surface area contributed by atoms with Gasteiger partial charge in [0.05, 0.1) is 17.4 Å². The molecule has 2 heterocycles. The van der Waals surface area contributed by atoms with E-state index in [1.807, 2.05) is 0 Å². The van der Waals surface area contributed by atoms with Crippen LogP contribution in [-0.4, -0.2) is 19.6 Å². The van der Waals surface area contributed by atoms with Crippen LogP contribution in [0, 0.1) is 6.92 Å². The number of hydrogen-bond acceptors (Lipinski definition) is 3. The van der Waals surface area contributed by atoms with Gasteiger partial charge in [0.25, 0.3) is 0 Å². The lowest BCUT2D eigenvalue weighted by molar-refractivity contribution is 0.411. The van der Waals surface area contributed by atoms with E-state index < -0.39 is 0 Å². The van der Waals surface area contributed by atoms with E-state index in [4.69, 9.17) is 5.73 Å². The van der Waals surface area contributed by atoms with E-state index in [9.17, 15) is 0 Å². The number of hydrogen-bond donors (Lipinski definition) is 1. The number of para-hydroxylation sites is 1. The van der Waals surface area contributed by atoms with Gasteiger partial charge < -0.3 is 15.5 Å². The molecule has 2 N–H and O–H groups in total. The Labute approximate surface area is 132 Å². The Morgan fingerprint density at radius 2 is 1.86 bits per heavy atom. The first-order chi connectivity index (χ1) is 10.7. The van der Waals surface area contributed by atoms with Crippen LogP contribution in [0.5, 0.6) is 0 Å². The maximum absolute atomic E-state index is 6.55. The molecule has 2 aliphatic heterocycles. The van der Waals surface area contributed by atoms with Gasteiger partial charge in [-0.25, -0.2) is 0 Å². The Kier molecular flexibility index (Phi) is 3.12. The van der Waals surface area contributed by atoms with Crippen LogP contribution in [0.4, 0.5) is 17.1 Å². The quantitative estimate of drug-likeness (QED) is 0.803. The predicted molar refractivity (Wildman–Crippen MR) is 93.0 cm³/mol. The van der Waals surface area contributed by atoms with Crippen LogP contribution in [0.25, 0.3) is 0 Å². The third kappa shape index (κ3) is 1.92. The second kappa shape index (κ2) is 5.03. The monoisotopic (exact) mass is 293 g/mol. The lowest BCUT2D eigenvalue weighted by Gasteiger charge is -2.41. The van der Waals surface area contributed by atoms with Crippen molar-refractivity contribution in [1.82, 2.24) is 0 Å². The van der Waals surface area contributed by atoms with Crippen LogP contribution in [0.2, 0.25) is 0 Å². The van der Waals surface area contributed by atoms with E-state index in [1.54, 1.807) is 0 Å². The molecule has 114 valence electrons. The topological polar surface area (TPSA) is 32.5 Å². The van der Waals surface area contributed by atoms with Gasteiger partial charge in [-0.2, -0.15) is 0 Å². The molecular formula is C19H23N3. The van der Waals surface area contributed by atoms with Crippen LogP contribution >= 0.6 is 0 Å². The van der Waals surface area contributed by atoms with E-state index in [1.165, 1.54) is 28.2 Å². The van der Waals surface area contributed by atoms with Crippen LogP contribution in [-0.2, 0) is 0 Å². The first-order valence-corrected chi connectivity index (χ1v) is 8.12. The number of nitrogens with zero attached hydrogens (tertiary/aromatic N) is 2. The lowest BCUT2D eigenvalue weighted by atomic mass is 9.90. The molecule has 2 atom stereocenters. The highest BCUT2D eigenvalue weighted by Gasteiger charge is 2.36. The molecule has 0 saturated carbocycles. The SMILES string of the molecule is Cc1ccc2c(c1)N1CCC[C@H](N)C1c1ccccc1N2C. The molecule has 0 aliphatic carbocycles. The molecule has 2 aromatic rings. The summed E-state index contributed by atoms with van der Waals surface area (Å²) in [5.41, 5.74) is 13.1. The second-order valence-corrected chi connectivity index (χ2v) is 6.55. The first kappa shape index (κ1) is 13.6. The minimum atomic E-state index is 0.190. The van der Waals surface area contributed by atoms with Gasteiger partial charge in [0.1, 0.15) is 0 Å². The van der Waals surface area contributed by atoms with Crippen molar-refractivity contribution in [3.8, 4) is 0 Å². The highest BCUT2D eigenvalue weighted by atomic mass is 15.3. The van der Waals surface area contributed by atoms with Crippen molar-refractivity contribution in [1.29, 1.82) is 0 Å². The van der Waals surface area contributed by atoms with Gasteiger partial charge in [-0.05, 0) is 49.1 Å². The maximum atomic E-state index is 6.55. The summed E-state index contributed by atoms with van der Waals surface area (Å²) in [6.45, 7) is 3.24. The Balaban J connectivity index is 1.99. The zero-order valence-electron chi connectivity index (χ0n) is 13.3. The summed E-state index contributed by atoms with van der Waals surface area (Å²) in [6, 6.07) is 15.9.